The Morgan fingerprint density at radius 1 is 1.17 bits per heavy atom. The monoisotopic (exact) mass is 386 g/mol. The molecule has 6 nitrogen and oxygen atoms in total. The molecule has 0 saturated heterocycles. The molecule has 1 N–H and O–H groups in total. The Kier molecular flexibility index (Phi) is 7.19. The van der Waals surface area contributed by atoms with Crippen LogP contribution in [0.5, 0.6) is 5.75 Å². The lowest BCUT2D eigenvalue weighted by molar-refractivity contribution is -0.116. The number of hydrogen-bond acceptors (Lipinski definition) is 4. The summed E-state index contributed by atoms with van der Waals surface area (Å²) in [5.74, 6) is 1.40. The van der Waals surface area contributed by atoms with Crippen LogP contribution in [-0.4, -0.2) is 28.6 Å². The average molecular weight is 386 g/mol. The zero-order chi connectivity index (χ0) is 20.3. The summed E-state index contributed by atoms with van der Waals surface area (Å²) in [7, 11) is 0. The lowest BCUT2D eigenvalue weighted by atomic mass is 10.2. The number of aromatic nitrogens is 2. The number of rotatable bonds is 9. The minimum Gasteiger partial charge on any atom is -0.479 e. The largest absolute Gasteiger partial charge is 0.479 e. The summed E-state index contributed by atoms with van der Waals surface area (Å²) in [6.45, 7) is 1.29. The van der Waals surface area contributed by atoms with Gasteiger partial charge in [-0.3, -0.25) is 4.79 Å². The van der Waals surface area contributed by atoms with Crippen molar-refractivity contribution < 1.29 is 9.53 Å². The molecule has 0 atom stereocenters. The van der Waals surface area contributed by atoms with E-state index in [4.69, 9.17) is 10.00 Å². The van der Waals surface area contributed by atoms with Gasteiger partial charge in [0.15, 0.2) is 6.61 Å². The highest BCUT2D eigenvalue weighted by molar-refractivity contribution is 5.91. The number of carbonyl (C=O) groups excluding carboxylic acids is 1. The van der Waals surface area contributed by atoms with Gasteiger partial charge in [-0.2, -0.15) is 5.26 Å². The minimum absolute atomic E-state index is 0.0151. The molecule has 0 spiro atoms. The topological polar surface area (TPSA) is 79.9 Å². The van der Waals surface area contributed by atoms with Crippen LogP contribution in [-0.2, 0) is 17.8 Å². The van der Waals surface area contributed by atoms with Crippen molar-refractivity contribution in [2.45, 2.75) is 13.0 Å². The van der Waals surface area contributed by atoms with Gasteiger partial charge in [0.05, 0.1) is 0 Å². The first-order valence-electron chi connectivity index (χ1n) is 9.34. The third-order valence-corrected chi connectivity index (χ3v) is 4.26. The predicted octanol–water partition coefficient (Wildman–Crippen LogP) is 3.21. The van der Waals surface area contributed by atoms with E-state index in [1.54, 1.807) is 24.4 Å². The number of nitrogens with zero attached hydrogens (tertiary/aromatic N) is 3. The van der Waals surface area contributed by atoms with Crippen molar-refractivity contribution in [3.63, 3.8) is 0 Å². The standard InChI is InChI=1S/C23H22N4O2/c24-13-17-29-21-9-6-19(7-10-21)8-11-23(28)26-14-12-22-25-15-16-27(22)18-20-4-2-1-3-5-20/h1-11,15-16H,12,14,17-18H2,(H,26,28)/b11-8+. The SMILES string of the molecule is N#CCOc1ccc(/C=C/C(=O)NCCc2nccn2Cc2ccccc2)cc1. The van der Waals surface area contributed by atoms with Gasteiger partial charge in [0.1, 0.15) is 17.6 Å². The highest BCUT2D eigenvalue weighted by Crippen LogP contribution is 2.13. The van der Waals surface area contributed by atoms with Gasteiger partial charge < -0.3 is 14.6 Å². The second-order valence-corrected chi connectivity index (χ2v) is 6.35. The zero-order valence-corrected chi connectivity index (χ0v) is 16.0. The van der Waals surface area contributed by atoms with Crippen LogP contribution in [0.3, 0.4) is 0 Å². The molecule has 0 bridgehead atoms. The second-order valence-electron chi connectivity index (χ2n) is 6.35. The summed E-state index contributed by atoms with van der Waals surface area (Å²) in [6.07, 6.45) is 7.63. The molecule has 3 aromatic rings. The molecule has 1 aromatic heterocycles. The van der Waals surface area contributed by atoms with Crippen LogP contribution < -0.4 is 10.1 Å². The minimum atomic E-state index is -0.157. The van der Waals surface area contributed by atoms with Crippen molar-refractivity contribution in [3.05, 3.63) is 90.0 Å². The predicted molar refractivity (Wildman–Crippen MR) is 111 cm³/mol. The molecule has 0 radical (unpaired) electrons. The van der Waals surface area contributed by atoms with Crippen molar-refractivity contribution in [2.75, 3.05) is 13.2 Å². The molecule has 0 aliphatic rings. The number of ether oxygens (including phenoxy) is 1. The van der Waals surface area contributed by atoms with Crippen LogP contribution >= 0.6 is 0 Å². The summed E-state index contributed by atoms with van der Waals surface area (Å²) >= 11 is 0. The van der Waals surface area contributed by atoms with E-state index < -0.39 is 0 Å². The van der Waals surface area contributed by atoms with Gasteiger partial charge in [0.2, 0.25) is 5.91 Å². The molecule has 0 saturated carbocycles. The summed E-state index contributed by atoms with van der Waals surface area (Å²) < 4.78 is 7.29. The van der Waals surface area contributed by atoms with Crippen molar-refractivity contribution >= 4 is 12.0 Å². The maximum Gasteiger partial charge on any atom is 0.244 e. The molecular weight excluding hydrogens is 364 g/mol. The Hall–Kier alpha value is -3.85. The van der Waals surface area contributed by atoms with Gasteiger partial charge in [-0.1, -0.05) is 42.5 Å². The summed E-state index contributed by atoms with van der Waals surface area (Å²) in [6, 6.07) is 19.3. The van der Waals surface area contributed by atoms with E-state index in [-0.39, 0.29) is 12.5 Å². The Bertz CT molecular complexity index is 986. The third kappa shape index (κ3) is 6.36. The van der Waals surface area contributed by atoms with Crippen LogP contribution in [0, 0.1) is 11.3 Å². The molecule has 146 valence electrons. The number of hydrogen-bond donors (Lipinski definition) is 1. The normalized spacial score (nSPS) is 10.6. The number of amides is 1. The van der Waals surface area contributed by atoms with E-state index >= 15 is 0 Å². The molecule has 29 heavy (non-hydrogen) atoms. The van der Waals surface area contributed by atoms with E-state index in [0.717, 1.165) is 17.9 Å². The summed E-state index contributed by atoms with van der Waals surface area (Å²) in [5.41, 5.74) is 2.09. The molecule has 0 aliphatic carbocycles. The summed E-state index contributed by atoms with van der Waals surface area (Å²) in [5, 5.41) is 11.4. The van der Waals surface area contributed by atoms with Crippen LogP contribution in [0.1, 0.15) is 17.0 Å². The highest BCUT2D eigenvalue weighted by atomic mass is 16.5. The molecule has 1 amide bonds. The quantitative estimate of drug-likeness (QED) is 0.573. The fourth-order valence-electron chi connectivity index (χ4n) is 2.81. The first-order chi connectivity index (χ1) is 14.2. The highest BCUT2D eigenvalue weighted by Gasteiger charge is 2.04. The Balaban J connectivity index is 1.45. The average Bonchev–Trinajstić information content (AvgIpc) is 3.19. The van der Waals surface area contributed by atoms with Gasteiger partial charge in [0.25, 0.3) is 0 Å². The molecule has 1 heterocycles. The molecule has 2 aromatic carbocycles. The fraction of sp³-hybridized carbons (Fsp3) is 0.174. The lowest BCUT2D eigenvalue weighted by Crippen LogP contribution is -2.24. The fourth-order valence-corrected chi connectivity index (χ4v) is 2.81. The Labute approximate surface area is 170 Å². The Morgan fingerprint density at radius 2 is 1.97 bits per heavy atom. The molecule has 0 fully saturated rings. The third-order valence-electron chi connectivity index (χ3n) is 4.26. The molecule has 0 unspecified atom stereocenters. The number of nitriles is 1. The number of carbonyl (C=O) groups is 1. The van der Waals surface area contributed by atoms with E-state index in [1.165, 1.54) is 11.6 Å². The zero-order valence-electron chi connectivity index (χ0n) is 16.0. The molecular formula is C23H22N4O2. The van der Waals surface area contributed by atoms with E-state index in [0.29, 0.717) is 18.7 Å². The van der Waals surface area contributed by atoms with Crippen molar-refractivity contribution in [1.29, 1.82) is 5.26 Å². The lowest BCUT2D eigenvalue weighted by Gasteiger charge is -2.08. The smallest absolute Gasteiger partial charge is 0.244 e. The van der Waals surface area contributed by atoms with E-state index in [9.17, 15) is 4.79 Å². The first-order valence-corrected chi connectivity index (χ1v) is 9.34. The maximum absolute atomic E-state index is 12.0. The van der Waals surface area contributed by atoms with Gasteiger partial charge in [-0.05, 0) is 29.3 Å². The summed E-state index contributed by atoms with van der Waals surface area (Å²) in [4.78, 5) is 16.4. The van der Waals surface area contributed by atoms with Crippen LogP contribution in [0.15, 0.2) is 73.1 Å². The van der Waals surface area contributed by atoms with Crippen LogP contribution in [0.2, 0.25) is 0 Å². The van der Waals surface area contributed by atoms with Gasteiger partial charge in [-0.15, -0.1) is 0 Å². The molecule has 3 rings (SSSR count). The van der Waals surface area contributed by atoms with Crippen molar-refractivity contribution in [3.8, 4) is 11.8 Å². The number of imidazole rings is 1. The van der Waals surface area contributed by atoms with Gasteiger partial charge >= 0.3 is 0 Å². The van der Waals surface area contributed by atoms with Crippen LogP contribution in [0.25, 0.3) is 6.08 Å². The Morgan fingerprint density at radius 3 is 2.72 bits per heavy atom. The van der Waals surface area contributed by atoms with E-state index in [2.05, 4.69) is 27.0 Å². The molecule has 0 aliphatic heterocycles. The van der Waals surface area contributed by atoms with Gasteiger partial charge in [0, 0.05) is 38.0 Å². The van der Waals surface area contributed by atoms with Gasteiger partial charge in [-0.25, -0.2) is 4.98 Å². The van der Waals surface area contributed by atoms with E-state index in [1.807, 2.05) is 42.6 Å². The second kappa shape index (κ2) is 10.5. The number of nitrogens with one attached hydrogen (secondary N) is 1. The van der Waals surface area contributed by atoms with Crippen molar-refractivity contribution in [2.24, 2.45) is 0 Å². The maximum atomic E-state index is 12.0. The van der Waals surface area contributed by atoms with Crippen molar-refractivity contribution in [1.82, 2.24) is 14.9 Å². The van der Waals surface area contributed by atoms with Crippen LogP contribution in [0.4, 0.5) is 0 Å². The number of benzene rings is 2. The first kappa shape index (κ1) is 19.9. The molecule has 6 heteroatoms.